The molecule has 0 unspecified atom stereocenters. The Hall–Kier alpha value is -3.56. The van der Waals surface area contributed by atoms with Crippen molar-refractivity contribution in [1.29, 1.82) is 5.26 Å². The van der Waals surface area contributed by atoms with Crippen LogP contribution in [0.5, 0.6) is 17.2 Å². The van der Waals surface area contributed by atoms with E-state index in [2.05, 4.69) is 46.6 Å². The average Bonchev–Trinajstić information content (AvgIpc) is 3.44. The summed E-state index contributed by atoms with van der Waals surface area (Å²) in [5.41, 5.74) is 3.61. The molecule has 0 bridgehead atoms. The lowest BCUT2D eigenvalue weighted by Crippen LogP contribution is -2.22. The maximum absolute atomic E-state index is 9.73. The van der Waals surface area contributed by atoms with E-state index in [1.54, 1.807) is 6.20 Å². The molecule has 1 saturated heterocycles. The van der Waals surface area contributed by atoms with Crippen LogP contribution >= 0.6 is 0 Å². The Bertz CT molecular complexity index is 1350. The Morgan fingerprint density at radius 1 is 1.06 bits per heavy atom. The molecule has 0 atom stereocenters. The van der Waals surface area contributed by atoms with E-state index in [0.29, 0.717) is 23.7 Å². The molecule has 6 nitrogen and oxygen atoms in total. The van der Waals surface area contributed by atoms with Crippen LogP contribution in [-0.2, 0) is 7.05 Å². The van der Waals surface area contributed by atoms with Crippen molar-refractivity contribution in [3.8, 4) is 23.3 Å². The first kappa shape index (κ1) is 21.3. The summed E-state index contributed by atoms with van der Waals surface area (Å²) in [6, 6.07) is 16.0. The maximum atomic E-state index is 9.73. The van der Waals surface area contributed by atoms with E-state index in [-0.39, 0.29) is 0 Å². The van der Waals surface area contributed by atoms with Gasteiger partial charge in [0.15, 0.2) is 0 Å². The maximum Gasteiger partial charge on any atom is 0.139 e. The molecule has 1 fully saturated rings. The standard InChI is InChI=1S/C27H28N4O2/c1-19-14-20-15-22(6-7-25(20)30(19)2)33-26-8-9-29-24-17-27(21(18-28)16-23(24)26)32-13-5-12-31-10-3-4-11-31/h6-9,14-17H,3-5,10-13H2,1-2H3. The molecule has 3 heterocycles. The number of likely N-dealkylation sites (tertiary alicyclic amines) is 1. The van der Waals surface area contributed by atoms with Gasteiger partial charge in [-0.3, -0.25) is 4.98 Å². The monoisotopic (exact) mass is 440 g/mol. The zero-order chi connectivity index (χ0) is 22.8. The zero-order valence-corrected chi connectivity index (χ0v) is 19.2. The van der Waals surface area contributed by atoms with Gasteiger partial charge in [-0.25, -0.2) is 0 Å². The molecule has 2 aromatic heterocycles. The fourth-order valence-electron chi connectivity index (χ4n) is 4.58. The van der Waals surface area contributed by atoms with E-state index in [4.69, 9.17) is 9.47 Å². The number of hydrogen-bond donors (Lipinski definition) is 0. The first-order valence-electron chi connectivity index (χ1n) is 11.5. The van der Waals surface area contributed by atoms with Gasteiger partial charge in [-0.1, -0.05) is 0 Å². The lowest BCUT2D eigenvalue weighted by atomic mass is 10.1. The molecular formula is C27H28N4O2. The van der Waals surface area contributed by atoms with Crippen LogP contribution in [0.1, 0.15) is 30.5 Å². The lowest BCUT2D eigenvalue weighted by molar-refractivity contribution is 0.263. The largest absolute Gasteiger partial charge is 0.492 e. The smallest absolute Gasteiger partial charge is 0.139 e. The van der Waals surface area contributed by atoms with E-state index in [9.17, 15) is 5.26 Å². The van der Waals surface area contributed by atoms with Crippen LogP contribution in [0.25, 0.3) is 21.8 Å². The third-order valence-electron chi connectivity index (χ3n) is 6.48. The molecule has 0 amide bonds. The summed E-state index contributed by atoms with van der Waals surface area (Å²) >= 11 is 0. The third kappa shape index (κ3) is 4.37. The van der Waals surface area contributed by atoms with E-state index in [1.165, 1.54) is 31.6 Å². The van der Waals surface area contributed by atoms with Crippen molar-refractivity contribution in [3.05, 3.63) is 59.9 Å². The second-order valence-electron chi connectivity index (χ2n) is 8.70. The van der Waals surface area contributed by atoms with Gasteiger partial charge in [-0.2, -0.15) is 5.26 Å². The predicted octanol–water partition coefficient (Wildman–Crippen LogP) is 5.56. The molecule has 0 spiro atoms. The van der Waals surface area contributed by atoms with Crippen molar-refractivity contribution < 1.29 is 9.47 Å². The van der Waals surface area contributed by atoms with E-state index >= 15 is 0 Å². The van der Waals surface area contributed by atoms with Crippen molar-refractivity contribution in [2.45, 2.75) is 26.2 Å². The van der Waals surface area contributed by atoms with Crippen molar-refractivity contribution in [3.63, 3.8) is 0 Å². The Labute approximate surface area is 194 Å². The van der Waals surface area contributed by atoms with Gasteiger partial charge in [0.05, 0.1) is 17.7 Å². The quantitative estimate of drug-likeness (QED) is 0.352. The van der Waals surface area contributed by atoms with Crippen molar-refractivity contribution in [1.82, 2.24) is 14.5 Å². The van der Waals surface area contributed by atoms with Crippen LogP contribution in [0.2, 0.25) is 0 Å². The number of benzene rings is 2. The molecule has 168 valence electrons. The summed E-state index contributed by atoms with van der Waals surface area (Å²) in [4.78, 5) is 6.96. The van der Waals surface area contributed by atoms with Gasteiger partial charge in [-0.15, -0.1) is 0 Å². The van der Waals surface area contributed by atoms with Crippen LogP contribution < -0.4 is 9.47 Å². The molecule has 4 aromatic rings. The summed E-state index contributed by atoms with van der Waals surface area (Å²) < 4.78 is 14.4. The Kier molecular flexibility index (Phi) is 5.89. The average molecular weight is 441 g/mol. The number of nitrogens with zero attached hydrogens (tertiary/aromatic N) is 4. The molecule has 33 heavy (non-hydrogen) atoms. The van der Waals surface area contributed by atoms with Crippen LogP contribution in [-0.4, -0.2) is 40.7 Å². The van der Waals surface area contributed by atoms with Crippen LogP contribution in [0, 0.1) is 18.3 Å². The van der Waals surface area contributed by atoms with E-state index < -0.39 is 0 Å². The molecule has 1 aliphatic rings. The summed E-state index contributed by atoms with van der Waals surface area (Å²) in [6.45, 7) is 6.08. The van der Waals surface area contributed by atoms with E-state index in [0.717, 1.165) is 40.5 Å². The number of fused-ring (bicyclic) bond motifs is 2. The van der Waals surface area contributed by atoms with Crippen molar-refractivity contribution in [2.75, 3.05) is 26.2 Å². The van der Waals surface area contributed by atoms with Gasteiger partial charge in [0.25, 0.3) is 0 Å². The van der Waals surface area contributed by atoms with Gasteiger partial charge in [0, 0.05) is 47.8 Å². The van der Waals surface area contributed by atoms with Gasteiger partial charge in [0.2, 0.25) is 0 Å². The molecule has 1 aliphatic heterocycles. The minimum Gasteiger partial charge on any atom is -0.492 e. The van der Waals surface area contributed by atoms with E-state index in [1.807, 2.05) is 30.3 Å². The fourth-order valence-corrected chi connectivity index (χ4v) is 4.58. The predicted molar refractivity (Wildman–Crippen MR) is 130 cm³/mol. The number of hydrogen-bond acceptors (Lipinski definition) is 5. The minimum atomic E-state index is 0.496. The number of rotatable bonds is 7. The SMILES string of the molecule is Cc1cc2cc(Oc3ccnc4cc(OCCCN5CCCC5)c(C#N)cc34)ccc2n1C. The molecule has 2 aromatic carbocycles. The number of nitriles is 1. The summed E-state index contributed by atoms with van der Waals surface area (Å²) in [6.07, 6.45) is 5.26. The van der Waals surface area contributed by atoms with Gasteiger partial charge in [0.1, 0.15) is 23.3 Å². The van der Waals surface area contributed by atoms with Crippen molar-refractivity contribution >= 4 is 21.8 Å². The van der Waals surface area contributed by atoms with Crippen LogP contribution in [0.3, 0.4) is 0 Å². The molecule has 6 heteroatoms. The third-order valence-corrected chi connectivity index (χ3v) is 6.48. The first-order chi connectivity index (χ1) is 16.1. The second-order valence-corrected chi connectivity index (χ2v) is 8.70. The number of aromatic nitrogens is 2. The molecular weight excluding hydrogens is 412 g/mol. The van der Waals surface area contributed by atoms with Gasteiger partial charge < -0.3 is 18.9 Å². The summed E-state index contributed by atoms with van der Waals surface area (Å²) in [5, 5.41) is 11.7. The van der Waals surface area contributed by atoms with Gasteiger partial charge in [-0.05, 0) is 75.7 Å². The second kappa shape index (κ2) is 9.13. The normalized spacial score (nSPS) is 14.1. The molecule has 0 radical (unpaired) electrons. The highest BCUT2D eigenvalue weighted by Gasteiger charge is 2.14. The Morgan fingerprint density at radius 2 is 1.91 bits per heavy atom. The Morgan fingerprint density at radius 3 is 2.73 bits per heavy atom. The highest BCUT2D eigenvalue weighted by Crippen LogP contribution is 2.34. The molecule has 0 saturated carbocycles. The number of pyridine rings is 1. The summed E-state index contributed by atoms with van der Waals surface area (Å²) in [7, 11) is 2.06. The lowest BCUT2D eigenvalue weighted by Gasteiger charge is -2.15. The fraction of sp³-hybridized carbons (Fsp3) is 0.333. The molecule has 0 N–H and O–H groups in total. The van der Waals surface area contributed by atoms with Crippen LogP contribution in [0.15, 0.2) is 48.7 Å². The highest BCUT2D eigenvalue weighted by atomic mass is 16.5. The molecule has 0 aliphatic carbocycles. The first-order valence-corrected chi connectivity index (χ1v) is 11.5. The minimum absolute atomic E-state index is 0.496. The Balaban J connectivity index is 1.37. The summed E-state index contributed by atoms with van der Waals surface area (Å²) in [5.74, 6) is 2.00. The number of ether oxygens (including phenoxy) is 2. The van der Waals surface area contributed by atoms with Crippen molar-refractivity contribution in [2.24, 2.45) is 7.05 Å². The van der Waals surface area contributed by atoms with Gasteiger partial charge >= 0.3 is 0 Å². The zero-order valence-electron chi connectivity index (χ0n) is 19.2. The topological polar surface area (TPSA) is 63.3 Å². The number of aryl methyl sites for hydroxylation is 2. The van der Waals surface area contributed by atoms with Crippen LogP contribution in [0.4, 0.5) is 0 Å². The highest BCUT2D eigenvalue weighted by molar-refractivity contribution is 5.88. The molecule has 5 rings (SSSR count).